The lowest BCUT2D eigenvalue weighted by molar-refractivity contribution is -0.166. The number of aromatic nitrogens is 1. The van der Waals surface area contributed by atoms with E-state index in [1.54, 1.807) is 4.90 Å². The standard InChI is InChI=1S/C23H31N3O2/c1-4-6-9-16(5-2)14-25-15-20(27)26-13-12-18-17-10-7-8-11-19(17)24-21(18)23(26,3)22(25)28/h7-8,10-11,16,24H,4-6,9,12-15H2,1-3H3/t16?,23-/m0/s1. The van der Waals surface area contributed by atoms with Crippen LogP contribution in [-0.2, 0) is 21.5 Å². The molecule has 4 rings (SSSR count). The molecule has 0 radical (unpaired) electrons. The van der Waals surface area contributed by atoms with Gasteiger partial charge in [0.25, 0.3) is 5.91 Å². The van der Waals surface area contributed by atoms with E-state index in [9.17, 15) is 9.59 Å². The zero-order valence-electron chi connectivity index (χ0n) is 17.3. The zero-order chi connectivity index (χ0) is 19.9. The molecule has 2 aliphatic rings. The molecule has 0 saturated carbocycles. The van der Waals surface area contributed by atoms with Gasteiger partial charge in [0.1, 0.15) is 0 Å². The van der Waals surface area contributed by atoms with E-state index < -0.39 is 5.54 Å². The van der Waals surface area contributed by atoms with Crippen molar-refractivity contribution >= 4 is 22.7 Å². The monoisotopic (exact) mass is 381 g/mol. The van der Waals surface area contributed by atoms with Gasteiger partial charge < -0.3 is 14.8 Å². The maximum absolute atomic E-state index is 13.7. The topological polar surface area (TPSA) is 56.4 Å². The number of hydrogen-bond acceptors (Lipinski definition) is 2. The molecule has 1 fully saturated rings. The van der Waals surface area contributed by atoms with Crippen LogP contribution in [0.3, 0.4) is 0 Å². The van der Waals surface area contributed by atoms with E-state index in [0.717, 1.165) is 36.9 Å². The summed E-state index contributed by atoms with van der Waals surface area (Å²) in [5, 5.41) is 1.17. The minimum absolute atomic E-state index is 0.0644. The first kappa shape index (κ1) is 19.0. The van der Waals surface area contributed by atoms with Crippen LogP contribution in [0.2, 0.25) is 0 Å². The third-order valence-electron chi connectivity index (χ3n) is 6.78. The van der Waals surface area contributed by atoms with Gasteiger partial charge >= 0.3 is 0 Å². The lowest BCUT2D eigenvalue weighted by atomic mass is 9.83. The Morgan fingerprint density at radius 3 is 2.75 bits per heavy atom. The number of amides is 2. The van der Waals surface area contributed by atoms with E-state index in [-0.39, 0.29) is 18.4 Å². The molecule has 1 aromatic carbocycles. The van der Waals surface area contributed by atoms with Gasteiger partial charge in [-0.25, -0.2) is 0 Å². The summed E-state index contributed by atoms with van der Waals surface area (Å²) < 4.78 is 0. The Hall–Kier alpha value is -2.30. The highest BCUT2D eigenvalue weighted by atomic mass is 16.2. The molecule has 1 saturated heterocycles. The number of nitrogens with zero attached hydrogens (tertiary/aromatic N) is 2. The van der Waals surface area contributed by atoms with E-state index in [4.69, 9.17) is 0 Å². The summed E-state index contributed by atoms with van der Waals surface area (Å²) in [4.78, 5) is 33.8. The molecule has 5 nitrogen and oxygen atoms in total. The van der Waals surface area contributed by atoms with Crippen molar-refractivity contribution in [2.75, 3.05) is 19.6 Å². The molecule has 0 spiro atoms. The van der Waals surface area contributed by atoms with Crippen molar-refractivity contribution in [1.82, 2.24) is 14.8 Å². The second kappa shape index (κ2) is 7.26. The number of aromatic amines is 1. The number of para-hydroxylation sites is 1. The van der Waals surface area contributed by atoms with Crippen LogP contribution in [0.15, 0.2) is 24.3 Å². The summed E-state index contributed by atoms with van der Waals surface area (Å²) >= 11 is 0. The highest BCUT2D eigenvalue weighted by molar-refractivity contribution is 6.00. The fourth-order valence-corrected chi connectivity index (χ4v) is 5.06. The smallest absolute Gasteiger partial charge is 0.254 e. The van der Waals surface area contributed by atoms with Gasteiger partial charge in [0, 0.05) is 24.0 Å². The number of unbranched alkanes of at least 4 members (excludes halogenated alkanes) is 1. The van der Waals surface area contributed by atoms with Crippen molar-refractivity contribution in [3.8, 4) is 0 Å². The molecule has 2 aliphatic heterocycles. The van der Waals surface area contributed by atoms with Crippen molar-refractivity contribution in [2.45, 2.75) is 58.4 Å². The van der Waals surface area contributed by atoms with E-state index in [1.165, 1.54) is 17.4 Å². The van der Waals surface area contributed by atoms with E-state index in [2.05, 4.69) is 24.9 Å². The van der Waals surface area contributed by atoms with Crippen LogP contribution >= 0.6 is 0 Å². The lowest BCUT2D eigenvalue weighted by Crippen LogP contribution is -2.67. The SMILES string of the molecule is CCCCC(CC)CN1CC(=O)N2CCc3c([nH]c4ccccc34)[C@@]2(C)C1=O. The first-order valence-electron chi connectivity index (χ1n) is 10.7. The maximum atomic E-state index is 13.7. The number of H-pyrrole nitrogens is 1. The Morgan fingerprint density at radius 1 is 1.21 bits per heavy atom. The molecule has 2 aromatic rings. The summed E-state index contributed by atoms with van der Waals surface area (Å²) in [6.07, 6.45) is 5.28. The number of rotatable bonds is 6. The quantitative estimate of drug-likeness (QED) is 0.827. The average molecular weight is 382 g/mol. The predicted molar refractivity (Wildman–Crippen MR) is 111 cm³/mol. The number of carbonyl (C=O) groups excluding carboxylic acids is 2. The van der Waals surface area contributed by atoms with Gasteiger partial charge in [-0.15, -0.1) is 0 Å². The van der Waals surface area contributed by atoms with Crippen molar-refractivity contribution in [3.63, 3.8) is 0 Å². The fourth-order valence-electron chi connectivity index (χ4n) is 5.06. The average Bonchev–Trinajstić information content (AvgIpc) is 3.09. The Morgan fingerprint density at radius 2 is 2.00 bits per heavy atom. The minimum atomic E-state index is -0.926. The molecule has 1 aromatic heterocycles. The van der Waals surface area contributed by atoms with Gasteiger partial charge in [0.2, 0.25) is 5.91 Å². The number of nitrogens with one attached hydrogen (secondary N) is 1. The Labute approximate surface area is 167 Å². The highest BCUT2D eigenvalue weighted by Crippen LogP contribution is 2.42. The molecule has 0 aliphatic carbocycles. The summed E-state index contributed by atoms with van der Waals surface area (Å²) in [6, 6.07) is 8.19. The second-order valence-corrected chi connectivity index (χ2v) is 8.49. The molecule has 2 atom stereocenters. The molecule has 0 bridgehead atoms. The van der Waals surface area contributed by atoms with Crippen LogP contribution in [0.4, 0.5) is 0 Å². The number of fused-ring (bicyclic) bond motifs is 5. The molecular formula is C23H31N3O2. The number of carbonyl (C=O) groups is 2. The van der Waals surface area contributed by atoms with Crippen LogP contribution < -0.4 is 0 Å². The third-order valence-corrected chi connectivity index (χ3v) is 6.78. The van der Waals surface area contributed by atoms with Gasteiger partial charge in [0.15, 0.2) is 5.54 Å². The van der Waals surface area contributed by atoms with Crippen LogP contribution in [0, 0.1) is 5.92 Å². The number of hydrogen-bond donors (Lipinski definition) is 1. The Bertz CT molecular complexity index is 902. The van der Waals surface area contributed by atoms with Crippen LogP contribution in [-0.4, -0.2) is 46.2 Å². The summed E-state index contributed by atoms with van der Waals surface area (Å²) in [5.41, 5.74) is 2.22. The van der Waals surface area contributed by atoms with Crippen molar-refractivity contribution in [3.05, 3.63) is 35.5 Å². The van der Waals surface area contributed by atoms with Crippen molar-refractivity contribution < 1.29 is 9.59 Å². The van der Waals surface area contributed by atoms with Gasteiger partial charge in [-0.2, -0.15) is 0 Å². The highest BCUT2D eigenvalue weighted by Gasteiger charge is 2.54. The Kier molecular flexibility index (Phi) is 4.94. The van der Waals surface area contributed by atoms with E-state index in [0.29, 0.717) is 19.0 Å². The first-order valence-corrected chi connectivity index (χ1v) is 10.7. The third kappa shape index (κ3) is 2.83. The second-order valence-electron chi connectivity index (χ2n) is 8.49. The van der Waals surface area contributed by atoms with Crippen LogP contribution in [0.25, 0.3) is 10.9 Å². The van der Waals surface area contributed by atoms with E-state index in [1.807, 2.05) is 30.0 Å². The van der Waals surface area contributed by atoms with Gasteiger partial charge in [-0.3, -0.25) is 9.59 Å². The summed E-state index contributed by atoms with van der Waals surface area (Å²) in [7, 11) is 0. The lowest BCUT2D eigenvalue weighted by Gasteiger charge is -2.50. The first-order chi connectivity index (χ1) is 13.5. The van der Waals surface area contributed by atoms with Gasteiger partial charge in [-0.05, 0) is 37.3 Å². The molecule has 1 N–H and O–H groups in total. The molecule has 150 valence electrons. The van der Waals surface area contributed by atoms with Crippen LogP contribution in [0.5, 0.6) is 0 Å². The molecule has 5 heteroatoms. The minimum Gasteiger partial charge on any atom is -0.356 e. The summed E-state index contributed by atoms with van der Waals surface area (Å²) in [6.45, 7) is 7.81. The zero-order valence-corrected chi connectivity index (χ0v) is 17.3. The molecule has 2 amide bonds. The molecular weight excluding hydrogens is 350 g/mol. The van der Waals surface area contributed by atoms with Crippen molar-refractivity contribution in [1.29, 1.82) is 0 Å². The molecule has 28 heavy (non-hydrogen) atoms. The van der Waals surface area contributed by atoms with Crippen LogP contribution in [0.1, 0.15) is 57.7 Å². The summed E-state index contributed by atoms with van der Waals surface area (Å²) in [5.74, 6) is 0.587. The number of piperazine rings is 1. The van der Waals surface area contributed by atoms with Crippen molar-refractivity contribution in [2.24, 2.45) is 5.92 Å². The number of benzene rings is 1. The predicted octanol–water partition coefficient (Wildman–Crippen LogP) is 3.83. The molecule has 1 unspecified atom stereocenters. The largest absolute Gasteiger partial charge is 0.356 e. The van der Waals surface area contributed by atoms with Gasteiger partial charge in [-0.1, -0.05) is 51.3 Å². The Balaban J connectivity index is 1.71. The fraction of sp³-hybridized carbons (Fsp3) is 0.565. The van der Waals surface area contributed by atoms with Gasteiger partial charge in [0.05, 0.1) is 12.2 Å². The molecule has 3 heterocycles. The maximum Gasteiger partial charge on any atom is 0.254 e. The van der Waals surface area contributed by atoms with E-state index >= 15 is 0 Å². The normalized spacial score (nSPS) is 23.1.